The third-order valence-corrected chi connectivity index (χ3v) is 4.16. The van der Waals surface area contributed by atoms with Crippen molar-refractivity contribution in [3.05, 3.63) is 77.8 Å². The molecule has 0 fully saturated rings. The third-order valence-electron chi connectivity index (χ3n) is 4.16. The third kappa shape index (κ3) is 2.27. The van der Waals surface area contributed by atoms with E-state index in [1.807, 2.05) is 30.3 Å². The van der Waals surface area contributed by atoms with Crippen molar-refractivity contribution in [1.82, 2.24) is 9.55 Å². The van der Waals surface area contributed by atoms with Gasteiger partial charge in [0.2, 0.25) is 5.91 Å². The number of rotatable bonds is 2. The number of nitrogens with zero attached hydrogens (tertiary/aromatic N) is 2. The van der Waals surface area contributed by atoms with E-state index in [-0.39, 0.29) is 17.9 Å². The normalized spacial score (nSPS) is 16.6. The molecule has 0 radical (unpaired) electrons. The molecule has 4 nitrogen and oxygen atoms in total. The molecule has 6 heteroatoms. The molecule has 1 atom stereocenters. The van der Waals surface area contributed by atoms with E-state index in [9.17, 15) is 13.6 Å². The van der Waals surface area contributed by atoms with Gasteiger partial charge in [-0.2, -0.15) is 0 Å². The zero-order valence-electron chi connectivity index (χ0n) is 12.5. The van der Waals surface area contributed by atoms with Crippen LogP contribution in [0.15, 0.2) is 54.9 Å². The van der Waals surface area contributed by atoms with Gasteiger partial charge >= 0.3 is 0 Å². The minimum absolute atomic E-state index is 0.0450. The van der Waals surface area contributed by atoms with Crippen LogP contribution in [-0.2, 0) is 4.79 Å². The van der Waals surface area contributed by atoms with Gasteiger partial charge in [-0.3, -0.25) is 9.36 Å². The minimum Gasteiger partial charge on any atom is -0.310 e. The molecule has 24 heavy (non-hydrogen) atoms. The fourth-order valence-electron chi connectivity index (χ4n) is 3.07. The summed E-state index contributed by atoms with van der Waals surface area (Å²) in [4.78, 5) is 16.4. The molecule has 2 aromatic carbocycles. The lowest BCUT2D eigenvalue weighted by atomic mass is 9.89. The van der Waals surface area contributed by atoms with Crippen LogP contribution in [-0.4, -0.2) is 15.5 Å². The largest absolute Gasteiger partial charge is 0.310 e. The number of aromatic nitrogens is 2. The van der Waals surface area contributed by atoms with Crippen LogP contribution in [0.1, 0.15) is 23.6 Å². The molecule has 1 aromatic heterocycles. The van der Waals surface area contributed by atoms with Gasteiger partial charge in [0.05, 0.1) is 5.69 Å². The zero-order valence-corrected chi connectivity index (χ0v) is 12.5. The van der Waals surface area contributed by atoms with Gasteiger partial charge in [0, 0.05) is 23.6 Å². The van der Waals surface area contributed by atoms with Crippen molar-refractivity contribution in [3.8, 4) is 5.69 Å². The number of anilines is 1. The van der Waals surface area contributed by atoms with E-state index >= 15 is 0 Å². The summed E-state index contributed by atoms with van der Waals surface area (Å²) in [6.45, 7) is 0. The molecule has 4 rings (SSSR count). The van der Waals surface area contributed by atoms with Crippen molar-refractivity contribution >= 4 is 11.7 Å². The molecule has 1 N–H and O–H groups in total. The topological polar surface area (TPSA) is 46.9 Å². The maximum Gasteiger partial charge on any atom is 0.226 e. The Kier molecular flexibility index (Phi) is 3.37. The van der Waals surface area contributed by atoms with E-state index in [2.05, 4.69) is 10.3 Å². The van der Waals surface area contributed by atoms with Crippen molar-refractivity contribution in [3.63, 3.8) is 0 Å². The number of halogens is 2. The number of fused-ring (bicyclic) bond motifs is 1. The summed E-state index contributed by atoms with van der Waals surface area (Å²) in [6.07, 6.45) is 1.51. The van der Waals surface area contributed by atoms with Gasteiger partial charge in [-0.1, -0.05) is 24.3 Å². The summed E-state index contributed by atoms with van der Waals surface area (Å²) < 4.78 is 30.1. The predicted octanol–water partition coefficient (Wildman–Crippen LogP) is 3.62. The first-order valence-electron chi connectivity index (χ1n) is 7.51. The van der Waals surface area contributed by atoms with E-state index in [0.717, 1.165) is 5.69 Å². The van der Waals surface area contributed by atoms with Crippen molar-refractivity contribution in [2.45, 2.75) is 12.3 Å². The smallest absolute Gasteiger partial charge is 0.226 e. The number of amides is 1. The maximum absolute atomic E-state index is 14.2. The second-order valence-corrected chi connectivity index (χ2v) is 5.62. The fourth-order valence-corrected chi connectivity index (χ4v) is 3.07. The monoisotopic (exact) mass is 325 g/mol. The molecule has 0 saturated heterocycles. The molecule has 1 amide bonds. The Morgan fingerprint density at radius 1 is 1.04 bits per heavy atom. The highest BCUT2D eigenvalue weighted by Crippen LogP contribution is 2.39. The van der Waals surface area contributed by atoms with Crippen LogP contribution < -0.4 is 5.32 Å². The van der Waals surface area contributed by atoms with Crippen LogP contribution in [0.3, 0.4) is 0 Å². The second-order valence-electron chi connectivity index (χ2n) is 5.62. The molecular weight excluding hydrogens is 312 g/mol. The Hall–Kier alpha value is -3.02. The first kappa shape index (κ1) is 14.6. The number of hydrogen-bond donors (Lipinski definition) is 1. The lowest BCUT2D eigenvalue weighted by molar-refractivity contribution is -0.116. The van der Waals surface area contributed by atoms with Gasteiger partial charge in [-0.15, -0.1) is 0 Å². The van der Waals surface area contributed by atoms with Crippen molar-refractivity contribution < 1.29 is 13.6 Å². The molecule has 0 bridgehead atoms. The average molecular weight is 325 g/mol. The molecule has 0 spiro atoms. The summed E-state index contributed by atoms with van der Waals surface area (Å²) in [6, 6.07) is 13.0. The zero-order chi connectivity index (χ0) is 16.7. The van der Waals surface area contributed by atoms with Gasteiger partial charge in [0.25, 0.3) is 0 Å². The summed E-state index contributed by atoms with van der Waals surface area (Å²) in [7, 11) is 0. The Morgan fingerprint density at radius 2 is 1.75 bits per heavy atom. The summed E-state index contributed by atoms with van der Waals surface area (Å²) >= 11 is 0. The predicted molar refractivity (Wildman–Crippen MR) is 85.0 cm³/mol. The molecule has 120 valence electrons. The minimum atomic E-state index is -0.750. The van der Waals surface area contributed by atoms with Gasteiger partial charge in [0.15, 0.2) is 0 Å². The van der Waals surface area contributed by atoms with Gasteiger partial charge in [-0.25, -0.2) is 13.8 Å². The highest BCUT2D eigenvalue weighted by atomic mass is 19.1. The van der Waals surface area contributed by atoms with Crippen LogP contribution in [0.2, 0.25) is 0 Å². The number of nitrogens with one attached hydrogen (secondary N) is 1. The highest BCUT2D eigenvalue weighted by Gasteiger charge is 2.34. The molecule has 3 aromatic rings. The quantitative estimate of drug-likeness (QED) is 0.782. The molecular formula is C18H13F2N3O. The number of imidazole rings is 1. The van der Waals surface area contributed by atoms with Crippen LogP contribution in [0.25, 0.3) is 5.69 Å². The van der Waals surface area contributed by atoms with E-state index in [1.165, 1.54) is 18.2 Å². The van der Waals surface area contributed by atoms with Crippen LogP contribution in [0.5, 0.6) is 0 Å². The van der Waals surface area contributed by atoms with E-state index in [0.29, 0.717) is 11.5 Å². The molecule has 1 unspecified atom stereocenters. The Labute approximate surface area is 136 Å². The van der Waals surface area contributed by atoms with E-state index in [4.69, 9.17) is 0 Å². The van der Waals surface area contributed by atoms with Gasteiger partial charge in [-0.05, 0) is 24.3 Å². The fraction of sp³-hybridized carbons (Fsp3) is 0.111. The number of carbonyl (C=O) groups excluding carboxylic acids is 1. The van der Waals surface area contributed by atoms with Crippen molar-refractivity contribution in [1.29, 1.82) is 0 Å². The Bertz CT molecular complexity index is 901. The first-order valence-corrected chi connectivity index (χ1v) is 7.51. The Morgan fingerprint density at radius 3 is 2.46 bits per heavy atom. The highest BCUT2D eigenvalue weighted by molar-refractivity contribution is 5.94. The van der Waals surface area contributed by atoms with Crippen molar-refractivity contribution in [2.24, 2.45) is 0 Å². The lowest BCUT2D eigenvalue weighted by Gasteiger charge is -2.24. The van der Waals surface area contributed by atoms with Gasteiger partial charge in [0.1, 0.15) is 23.8 Å². The average Bonchev–Trinajstić information content (AvgIpc) is 2.99. The van der Waals surface area contributed by atoms with E-state index in [1.54, 1.807) is 10.9 Å². The summed E-state index contributed by atoms with van der Waals surface area (Å²) in [5.41, 5.74) is 1.15. The van der Waals surface area contributed by atoms with Gasteiger partial charge < -0.3 is 5.32 Å². The number of benzene rings is 2. The molecule has 0 saturated carbocycles. The first-order chi connectivity index (χ1) is 11.6. The van der Waals surface area contributed by atoms with Crippen molar-refractivity contribution in [2.75, 3.05) is 5.32 Å². The van der Waals surface area contributed by atoms with Crippen LogP contribution in [0.4, 0.5) is 14.6 Å². The molecule has 1 aliphatic heterocycles. The Balaban J connectivity index is 1.88. The standard InChI is InChI=1S/C18H13F2N3O/c19-13-7-4-8-14(20)16(13)12-9-15(24)22-18-17(12)21-10-23(18)11-5-2-1-3-6-11/h1-8,10,12H,9H2,(H,22,24). The molecule has 0 aliphatic carbocycles. The SMILES string of the molecule is O=C1CC(c2c(F)cccc2F)c2ncn(-c3ccccc3)c2N1. The second kappa shape index (κ2) is 5.56. The molecule has 2 heterocycles. The summed E-state index contributed by atoms with van der Waals surface area (Å²) in [5, 5.41) is 2.76. The number of para-hydroxylation sites is 1. The molecule has 1 aliphatic rings. The summed E-state index contributed by atoms with van der Waals surface area (Å²) in [5.74, 6) is -1.94. The van der Waals surface area contributed by atoms with E-state index < -0.39 is 17.6 Å². The maximum atomic E-state index is 14.2. The lowest BCUT2D eigenvalue weighted by Crippen LogP contribution is -2.26. The van der Waals surface area contributed by atoms with Crippen LogP contribution in [0, 0.1) is 11.6 Å². The number of carbonyl (C=O) groups is 1. The number of hydrogen-bond acceptors (Lipinski definition) is 2. The van der Waals surface area contributed by atoms with Crippen LogP contribution >= 0.6 is 0 Å².